The Morgan fingerprint density at radius 3 is 2.16 bits per heavy atom. The van der Waals surface area contributed by atoms with Crippen molar-refractivity contribution in [1.29, 1.82) is 0 Å². The molecule has 1 saturated heterocycles. The van der Waals surface area contributed by atoms with Crippen LogP contribution in [-0.4, -0.2) is 36.6 Å². The normalized spacial score (nSPS) is 28.3. The Morgan fingerprint density at radius 2 is 1.68 bits per heavy atom. The Kier molecular flexibility index (Phi) is 8.01. The third kappa shape index (κ3) is 5.43. The first-order valence-electron chi connectivity index (χ1n) is 8.59. The molecule has 0 aromatic carbocycles. The molecule has 19 heavy (non-hydrogen) atoms. The second kappa shape index (κ2) is 8.97. The zero-order valence-corrected chi connectivity index (χ0v) is 13.9. The highest BCUT2D eigenvalue weighted by atomic mass is 15.2. The van der Waals surface area contributed by atoms with Crippen LogP contribution < -0.4 is 5.32 Å². The molecule has 1 heterocycles. The van der Waals surface area contributed by atoms with Gasteiger partial charge in [-0.3, -0.25) is 4.90 Å². The molecule has 2 heteroatoms. The number of piperidine rings is 1. The molecule has 0 amide bonds. The van der Waals surface area contributed by atoms with E-state index in [4.69, 9.17) is 0 Å². The second-order valence-electron chi connectivity index (χ2n) is 6.72. The third-order valence-corrected chi connectivity index (χ3v) is 4.51. The lowest BCUT2D eigenvalue weighted by atomic mass is 9.88. The zero-order chi connectivity index (χ0) is 14.3. The summed E-state index contributed by atoms with van der Waals surface area (Å²) in [7, 11) is 0. The smallest absolute Gasteiger partial charge is 0.0246 e. The van der Waals surface area contributed by atoms with Gasteiger partial charge in [0.15, 0.2) is 0 Å². The molecule has 4 atom stereocenters. The lowest BCUT2D eigenvalue weighted by molar-refractivity contribution is 0.0704. The van der Waals surface area contributed by atoms with Crippen LogP contribution >= 0.6 is 0 Å². The topological polar surface area (TPSA) is 15.3 Å². The average Bonchev–Trinajstić information content (AvgIpc) is 2.35. The monoisotopic (exact) mass is 268 g/mol. The van der Waals surface area contributed by atoms with E-state index in [1.165, 1.54) is 51.7 Å². The fourth-order valence-corrected chi connectivity index (χ4v) is 3.85. The number of nitrogens with one attached hydrogen (secondary N) is 1. The van der Waals surface area contributed by atoms with E-state index in [0.29, 0.717) is 6.04 Å². The summed E-state index contributed by atoms with van der Waals surface area (Å²) in [4.78, 5) is 2.78. The van der Waals surface area contributed by atoms with Crippen molar-refractivity contribution in [3.63, 3.8) is 0 Å². The van der Waals surface area contributed by atoms with Crippen LogP contribution in [0.4, 0.5) is 0 Å². The molecule has 1 rings (SSSR count). The molecular weight excluding hydrogens is 232 g/mol. The first-order chi connectivity index (χ1) is 9.12. The maximum Gasteiger partial charge on any atom is 0.0246 e. The molecule has 2 nitrogen and oxygen atoms in total. The van der Waals surface area contributed by atoms with Crippen molar-refractivity contribution in [2.45, 2.75) is 78.8 Å². The van der Waals surface area contributed by atoms with Gasteiger partial charge in [0.25, 0.3) is 0 Å². The van der Waals surface area contributed by atoms with Gasteiger partial charge in [0.2, 0.25) is 0 Å². The van der Waals surface area contributed by atoms with Gasteiger partial charge < -0.3 is 5.32 Å². The quantitative estimate of drug-likeness (QED) is 0.718. The summed E-state index contributed by atoms with van der Waals surface area (Å²) in [5.74, 6) is 1.73. The summed E-state index contributed by atoms with van der Waals surface area (Å²) < 4.78 is 0. The van der Waals surface area contributed by atoms with E-state index >= 15 is 0 Å². The van der Waals surface area contributed by atoms with Gasteiger partial charge >= 0.3 is 0 Å². The minimum Gasteiger partial charge on any atom is -0.312 e. The fraction of sp³-hybridized carbons (Fsp3) is 1.00. The van der Waals surface area contributed by atoms with Crippen molar-refractivity contribution in [2.75, 3.05) is 19.6 Å². The van der Waals surface area contributed by atoms with E-state index < -0.39 is 0 Å². The number of hydrogen-bond acceptors (Lipinski definition) is 2. The van der Waals surface area contributed by atoms with Crippen LogP contribution in [0.25, 0.3) is 0 Å². The lowest BCUT2D eigenvalue weighted by Gasteiger charge is -2.43. The van der Waals surface area contributed by atoms with E-state index in [2.05, 4.69) is 44.8 Å². The van der Waals surface area contributed by atoms with Gasteiger partial charge in [-0.25, -0.2) is 0 Å². The van der Waals surface area contributed by atoms with Crippen molar-refractivity contribution < 1.29 is 0 Å². The van der Waals surface area contributed by atoms with Gasteiger partial charge in [-0.1, -0.05) is 41.0 Å². The average molecular weight is 268 g/mol. The molecule has 1 fully saturated rings. The molecule has 0 radical (unpaired) electrons. The van der Waals surface area contributed by atoms with E-state index in [-0.39, 0.29) is 0 Å². The second-order valence-corrected chi connectivity index (χ2v) is 6.72. The van der Waals surface area contributed by atoms with E-state index in [9.17, 15) is 0 Å². The van der Waals surface area contributed by atoms with Gasteiger partial charge in [0, 0.05) is 25.2 Å². The lowest BCUT2D eigenvalue weighted by Crippen LogP contribution is -2.54. The number of likely N-dealkylation sites (tertiary alicyclic amines) is 1. The van der Waals surface area contributed by atoms with E-state index in [0.717, 1.165) is 17.9 Å². The maximum absolute atomic E-state index is 3.81. The van der Waals surface area contributed by atoms with Crippen molar-refractivity contribution in [3.05, 3.63) is 0 Å². The number of nitrogens with zero attached hydrogens (tertiary/aromatic N) is 1. The molecule has 0 aliphatic carbocycles. The van der Waals surface area contributed by atoms with Crippen LogP contribution in [-0.2, 0) is 0 Å². The van der Waals surface area contributed by atoms with Crippen LogP contribution in [0.2, 0.25) is 0 Å². The molecule has 114 valence electrons. The molecular formula is C17H36N2. The van der Waals surface area contributed by atoms with Crippen LogP contribution in [0.15, 0.2) is 0 Å². The van der Waals surface area contributed by atoms with Gasteiger partial charge in [-0.15, -0.1) is 0 Å². The molecule has 0 aromatic rings. The highest BCUT2D eigenvalue weighted by Crippen LogP contribution is 2.25. The predicted molar refractivity (Wildman–Crippen MR) is 85.6 cm³/mol. The van der Waals surface area contributed by atoms with Crippen molar-refractivity contribution in [2.24, 2.45) is 11.8 Å². The molecule has 1 aliphatic heterocycles. The Labute approximate surface area is 121 Å². The Morgan fingerprint density at radius 1 is 1.05 bits per heavy atom. The fourth-order valence-electron chi connectivity index (χ4n) is 3.85. The largest absolute Gasteiger partial charge is 0.312 e. The highest BCUT2D eigenvalue weighted by molar-refractivity contribution is 4.87. The van der Waals surface area contributed by atoms with Crippen molar-refractivity contribution in [1.82, 2.24) is 10.2 Å². The van der Waals surface area contributed by atoms with E-state index in [1.807, 2.05) is 0 Å². The Bertz CT molecular complexity index is 219. The van der Waals surface area contributed by atoms with Gasteiger partial charge in [0.1, 0.15) is 0 Å². The van der Waals surface area contributed by atoms with E-state index in [1.54, 1.807) is 0 Å². The van der Waals surface area contributed by atoms with Crippen LogP contribution in [0.1, 0.15) is 66.7 Å². The first kappa shape index (κ1) is 17.0. The minimum absolute atomic E-state index is 0.687. The summed E-state index contributed by atoms with van der Waals surface area (Å²) in [5.41, 5.74) is 0. The molecule has 1 aliphatic rings. The minimum atomic E-state index is 0.687. The molecule has 0 spiro atoms. The first-order valence-corrected chi connectivity index (χ1v) is 8.59. The Hall–Kier alpha value is -0.0800. The van der Waals surface area contributed by atoms with Crippen LogP contribution in [0.3, 0.4) is 0 Å². The van der Waals surface area contributed by atoms with Crippen molar-refractivity contribution in [3.8, 4) is 0 Å². The summed E-state index contributed by atoms with van der Waals surface area (Å²) in [6, 6.07) is 1.42. The SMILES string of the molecule is CCCNC(CCC)C(CC)N1CC(C)CC(C)C1. The highest BCUT2D eigenvalue weighted by Gasteiger charge is 2.30. The summed E-state index contributed by atoms with van der Waals surface area (Å²) >= 11 is 0. The van der Waals surface area contributed by atoms with Crippen molar-refractivity contribution >= 4 is 0 Å². The van der Waals surface area contributed by atoms with Gasteiger partial charge in [-0.05, 0) is 44.1 Å². The summed E-state index contributed by atoms with van der Waals surface area (Å²) in [6.07, 6.45) is 6.53. The number of hydrogen-bond donors (Lipinski definition) is 1. The molecule has 1 N–H and O–H groups in total. The molecule has 4 unspecified atom stereocenters. The summed E-state index contributed by atoms with van der Waals surface area (Å²) in [6.45, 7) is 15.6. The van der Waals surface area contributed by atoms with Crippen LogP contribution in [0, 0.1) is 11.8 Å². The molecule has 0 aromatic heterocycles. The zero-order valence-electron chi connectivity index (χ0n) is 13.9. The predicted octanol–water partition coefficient (Wildman–Crippen LogP) is 3.91. The number of rotatable bonds is 8. The maximum atomic E-state index is 3.81. The molecule has 0 saturated carbocycles. The third-order valence-electron chi connectivity index (χ3n) is 4.51. The Balaban J connectivity index is 2.65. The van der Waals surface area contributed by atoms with Crippen LogP contribution in [0.5, 0.6) is 0 Å². The van der Waals surface area contributed by atoms with Gasteiger partial charge in [-0.2, -0.15) is 0 Å². The standard InChI is InChI=1S/C17H36N2/c1-6-9-16(18-10-7-2)17(8-3)19-12-14(4)11-15(5)13-19/h14-18H,6-13H2,1-5H3. The molecule has 0 bridgehead atoms. The summed E-state index contributed by atoms with van der Waals surface area (Å²) in [5, 5.41) is 3.81. The van der Waals surface area contributed by atoms with Gasteiger partial charge in [0.05, 0.1) is 0 Å².